The van der Waals surface area contributed by atoms with Gasteiger partial charge in [-0.1, -0.05) is 26.0 Å². The van der Waals surface area contributed by atoms with Gasteiger partial charge in [-0.15, -0.1) is 0 Å². The van der Waals surface area contributed by atoms with E-state index >= 15 is 0 Å². The highest BCUT2D eigenvalue weighted by Crippen LogP contribution is 2.36. The van der Waals surface area contributed by atoms with Gasteiger partial charge in [0.1, 0.15) is 5.75 Å². The van der Waals surface area contributed by atoms with Crippen molar-refractivity contribution >= 4 is 12.0 Å². The lowest BCUT2D eigenvalue weighted by atomic mass is 10.0. The lowest BCUT2D eigenvalue weighted by molar-refractivity contribution is -0.139. The maximum Gasteiger partial charge on any atom is 0.314 e. The van der Waals surface area contributed by atoms with Crippen molar-refractivity contribution in [1.29, 1.82) is 0 Å². The molecule has 0 N–H and O–H groups in total. The predicted molar refractivity (Wildman–Crippen MR) is 84.0 cm³/mol. The van der Waals surface area contributed by atoms with Crippen molar-refractivity contribution < 1.29 is 19.0 Å². The molecule has 0 spiro atoms. The molecule has 4 nitrogen and oxygen atoms in total. The van der Waals surface area contributed by atoms with Crippen LogP contribution in [-0.2, 0) is 4.79 Å². The zero-order valence-corrected chi connectivity index (χ0v) is 13.4. The third kappa shape index (κ3) is 4.25. The van der Waals surface area contributed by atoms with Crippen molar-refractivity contribution in [3.63, 3.8) is 0 Å². The van der Waals surface area contributed by atoms with Crippen molar-refractivity contribution in [2.24, 2.45) is 5.92 Å². The highest BCUT2D eigenvalue weighted by Gasteiger charge is 2.19. The normalized spacial score (nSPS) is 11.0. The average molecular weight is 292 g/mol. The molecule has 0 aliphatic heterocycles. The number of carbonyl (C=O) groups excluding carboxylic acids is 1. The van der Waals surface area contributed by atoms with Gasteiger partial charge in [0.05, 0.1) is 20.1 Å². The summed E-state index contributed by atoms with van der Waals surface area (Å²) >= 11 is 0. The molecular weight excluding hydrogens is 268 g/mol. The Kier molecular flexibility index (Phi) is 6.79. The van der Waals surface area contributed by atoms with Gasteiger partial charge < -0.3 is 14.2 Å². The highest BCUT2D eigenvalue weighted by atomic mass is 16.5. The molecule has 0 amide bonds. The minimum absolute atomic E-state index is 0.0865. The summed E-state index contributed by atoms with van der Waals surface area (Å²) in [6, 6.07) is 3.49. The van der Waals surface area contributed by atoms with Crippen LogP contribution in [0.5, 0.6) is 17.2 Å². The molecule has 1 aromatic rings. The van der Waals surface area contributed by atoms with E-state index in [4.69, 9.17) is 14.2 Å². The largest absolute Gasteiger partial charge is 0.493 e. The zero-order chi connectivity index (χ0) is 15.8. The second-order valence-electron chi connectivity index (χ2n) is 4.68. The highest BCUT2D eigenvalue weighted by molar-refractivity contribution is 5.77. The summed E-state index contributed by atoms with van der Waals surface area (Å²) in [4.78, 5) is 12.2. The minimum atomic E-state index is -0.210. The fraction of sp³-hybridized carbons (Fsp3) is 0.471. The van der Waals surface area contributed by atoms with Crippen LogP contribution in [0.1, 0.15) is 39.2 Å². The van der Waals surface area contributed by atoms with Gasteiger partial charge in [0, 0.05) is 11.6 Å². The van der Waals surface area contributed by atoms with E-state index in [1.165, 1.54) is 0 Å². The van der Waals surface area contributed by atoms with Crippen LogP contribution in [0.25, 0.3) is 6.08 Å². The van der Waals surface area contributed by atoms with Crippen LogP contribution in [0, 0.1) is 5.92 Å². The molecule has 0 heterocycles. The average Bonchev–Trinajstić information content (AvgIpc) is 2.49. The summed E-state index contributed by atoms with van der Waals surface area (Å²) in [6.07, 6.45) is 5.29. The van der Waals surface area contributed by atoms with Gasteiger partial charge in [-0.05, 0) is 25.8 Å². The van der Waals surface area contributed by atoms with E-state index < -0.39 is 0 Å². The van der Waals surface area contributed by atoms with Crippen LogP contribution < -0.4 is 14.2 Å². The van der Waals surface area contributed by atoms with E-state index in [2.05, 4.69) is 0 Å². The van der Waals surface area contributed by atoms with Crippen molar-refractivity contribution in [3.8, 4) is 17.2 Å². The van der Waals surface area contributed by atoms with Gasteiger partial charge in [0.2, 0.25) is 0 Å². The standard InChI is InChI=1S/C17H24O4/c1-6-9-13-10-15(19-4)16(20-5)11-14(13)21-17(18)12(7-2)8-3/h6,9-12H,7-8H2,1-5H3/b9-6+. The van der Waals surface area contributed by atoms with Crippen LogP contribution in [-0.4, -0.2) is 20.2 Å². The lowest BCUT2D eigenvalue weighted by Gasteiger charge is -2.16. The molecule has 0 radical (unpaired) electrons. The molecule has 1 aromatic carbocycles. The number of rotatable bonds is 7. The molecule has 0 saturated heterocycles. The van der Waals surface area contributed by atoms with Crippen molar-refractivity contribution in [2.75, 3.05) is 14.2 Å². The minimum Gasteiger partial charge on any atom is -0.493 e. The summed E-state index contributed by atoms with van der Waals surface area (Å²) in [5, 5.41) is 0. The first kappa shape index (κ1) is 17.1. The van der Waals surface area contributed by atoms with Crippen molar-refractivity contribution in [1.82, 2.24) is 0 Å². The van der Waals surface area contributed by atoms with E-state index in [-0.39, 0.29) is 11.9 Å². The van der Waals surface area contributed by atoms with Crippen molar-refractivity contribution in [2.45, 2.75) is 33.6 Å². The first-order valence-corrected chi connectivity index (χ1v) is 7.21. The number of carbonyl (C=O) groups is 1. The van der Waals surface area contributed by atoms with E-state index in [1.807, 2.05) is 32.9 Å². The Hall–Kier alpha value is -1.97. The Balaban J connectivity index is 3.17. The molecule has 0 unspecified atom stereocenters. The number of allylic oxidation sites excluding steroid dienone is 1. The summed E-state index contributed by atoms with van der Waals surface area (Å²) in [5.41, 5.74) is 0.787. The van der Waals surface area contributed by atoms with Crippen LogP contribution >= 0.6 is 0 Å². The molecule has 0 aromatic heterocycles. The lowest BCUT2D eigenvalue weighted by Crippen LogP contribution is -2.19. The number of methoxy groups -OCH3 is 2. The Morgan fingerprint density at radius 2 is 1.67 bits per heavy atom. The number of ether oxygens (including phenoxy) is 3. The molecule has 1 rings (SSSR count). The van der Waals surface area contributed by atoms with Crippen LogP contribution in [0.15, 0.2) is 18.2 Å². The van der Waals surface area contributed by atoms with E-state index in [9.17, 15) is 4.79 Å². The van der Waals surface area contributed by atoms with Crippen LogP contribution in [0.3, 0.4) is 0 Å². The van der Waals surface area contributed by atoms with Gasteiger partial charge in [-0.2, -0.15) is 0 Å². The number of esters is 1. The van der Waals surface area contributed by atoms with Crippen molar-refractivity contribution in [3.05, 3.63) is 23.8 Å². The van der Waals surface area contributed by atoms with Gasteiger partial charge >= 0.3 is 5.97 Å². The third-order valence-corrected chi connectivity index (χ3v) is 3.39. The second-order valence-corrected chi connectivity index (χ2v) is 4.68. The first-order valence-electron chi connectivity index (χ1n) is 7.21. The fourth-order valence-electron chi connectivity index (χ4n) is 2.09. The molecule has 0 saturated carbocycles. The Bertz CT molecular complexity index is 502. The van der Waals surface area contributed by atoms with E-state index in [0.717, 1.165) is 18.4 Å². The zero-order valence-electron chi connectivity index (χ0n) is 13.4. The Morgan fingerprint density at radius 3 is 2.14 bits per heavy atom. The van der Waals surface area contributed by atoms with Gasteiger partial charge in [0.25, 0.3) is 0 Å². The van der Waals surface area contributed by atoms with Crippen LogP contribution in [0.4, 0.5) is 0 Å². The molecule has 116 valence electrons. The summed E-state index contributed by atoms with van der Waals surface area (Å²) in [5.74, 6) is 1.34. The summed E-state index contributed by atoms with van der Waals surface area (Å²) in [6.45, 7) is 5.87. The molecular formula is C17H24O4. The van der Waals surface area contributed by atoms with E-state index in [1.54, 1.807) is 26.4 Å². The topological polar surface area (TPSA) is 44.8 Å². The first-order chi connectivity index (χ1) is 10.1. The fourth-order valence-corrected chi connectivity index (χ4v) is 2.09. The van der Waals surface area contributed by atoms with Gasteiger partial charge in [-0.3, -0.25) is 4.79 Å². The number of hydrogen-bond acceptors (Lipinski definition) is 4. The Labute approximate surface area is 126 Å². The summed E-state index contributed by atoms with van der Waals surface area (Å²) < 4.78 is 16.1. The molecule has 0 atom stereocenters. The van der Waals surface area contributed by atoms with Gasteiger partial charge in [-0.25, -0.2) is 0 Å². The van der Waals surface area contributed by atoms with Crippen LogP contribution in [0.2, 0.25) is 0 Å². The second kappa shape index (κ2) is 8.35. The molecule has 21 heavy (non-hydrogen) atoms. The molecule has 4 heteroatoms. The smallest absolute Gasteiger partial charge is 0.314 e. The predicted octanol–water partition coefficient (Wildman–Crippen LogP) is 4.08. The summed E-state index contributed by atoms with van der Waals surface area (Å²) in [7, 11) is 3.13. The van der Waals surface area contributed by atoms with E-state index in [0.29, 0.717) is 17.2 Å². The molecule has 0 bridgehead atoms. The molecule has 0 aliphatic rings. The quantitative estimate of drug-likeness (QED) is 0.561. The number of hydrogen-bond donors (Lipinski definition) is 0. The maximum atomic E-state index is 12.2. The monoisotopic (exact) mass is 292 g/mol. The molecule has 0 aliphatic carbocycles. The third-order valence-electron chi connectivity index (χ3n) is 3.39. The molecule has 0 fully saturated rings. The van der Waals surface area contributed by atoms with Gasteiger partial charge in [0.15, 0.2) is 11.5 Å². The number of benzene rings is 1. The SMILES string of the molecule is C/C=C/c1cc(OC)c(OC)cc1OC(=O)C(CC)CC. The maximum absolute atomic E-state index is 12.2. The Morgan fingerprint density at radius 1 is 1.10 bits per heavy atom.